The molecule has 2 aliphatic rings. The predicted molar refractivity (Wildman–Crippen MR) is 53.8 cm³/mol. The van der Waals surface area contributed by atoms with Crippen molar-refractivity contribution in [2.24, 2.45) is 5.92 Å². The van der Waals surface area contributed by atoms with Gasteiger partial charge in [-0.3, -0.25) is 0 Å². The first-order valence-corrected chi connectivity index (χ1v) is 5.66. The first-order chi connectivity index (χ1) is 6.36. The molecule has 0 aromatic heterocycles. The Balaban J connectivity index is 1.79. The van der Waals surface area contributed by atoms with Gasteiger partial charge >= 0.3 is 0 Å². The molecule has 0 aliphatic carbocycles. The highest BCUT2D eigenvalue weighted by Crippen LogP contribution is 2.27. The Labute approximate surface area is 81.3 Å². The summed E-state index contributed by atoms with van der Waals surface area (Å²) in [6.45, 7) is 3.55. The fourth-order valence-electron chi connectivity index (χ4n) is 2.54. The van der Waals surface area contributed by atoms with E-state index in [-0.39, 0.29) is 0 Å². The molecular weight excluding hydrogens is 162 g/mol. The van der Waals surface area contributed by atoms with Crippen LogP contribution in [0.15, 0.2) is 0 Å². The second kappa shape index (κ2) is 4.43. The van der Waals surface area contributed by atoms with Gasteiger partial charge in [-0.25, -0.2) is 0 Å². The first-order valence-electron chi connectivity index (χ1n) is 5.66. The van der Waals surface area contributed by atoms with Crippen LogP contribution in [0.25, 0.3) is 0 Å². The Kier molecular flexibility index (Phi) is 3.23. The molecule has 1 unspecified atom stereocenters. The molecule has 2 fully saturated rings. The average molecular weight is 183 g/mol. The predicted octanol–water partition coefficient (Wildman–Crippen LogP) is 1.90. The van der Waals surface area contributed by atoms with Crippen LogP contribution in [0.4, 0.5) is 0 Å². The van der Waals surface area contributed by atoms with Crippen LogP contribution < -0.4 is 0 Å². The lowest BCUT2D eigenvalue weighted by Gasteiger charge is -2.36. The van der Waals surface area contributed by atoms with Crippen LogP contribution in [-0.4, -0.2) is 37.7 Å². The highest BCUT2D eigenvalue weighted by molar-refractivity contribution is 4.78. The second-order valence-corrected chi connectivity index (χ2v) is 4.55. The summed E-state index contributed by atoms with van der Waals surface area (Å²) < 4.78 is 5.83. The Morgan fingerprint density at radius 1 is 1.08 bits per heavy atom. The molecule has 2 saturated heterocycles. The van der Waals surface area contributed by atoms with E-state index in [1.54, 1.807) is 0 Å². The minimum Gasteiger partial charge on any atom is -0.378 e. The van der Waals surface area contributed by atoms with E-state index in [9.17, 15) is 0 Å². The van der Waals surface area contributed by atoms with E-state index in [1.165, 1.54) is 45.2 Å². The van der Waals surface area contributed by atoms with Crippen LogP contribution in [0.5, 0.6) is 0 Å². The maximum Gasteiger partial charge on any atom is 0.0604 e. The van der Waals surface area contributed by atoms with Gasteiger partial charge in [0.15, 0.2) is 0 Å². The summed E-state index contributed by atoms with van der Waals surface area (Å²) in [4.78, 5) is 2.43. The van der Waals surface area contributed by atoms with E-state index in [1.807, 2.05) is 0 Å². The Hall–Kier alpha value is -0.0800. The summed E-state index contributed by atoms with van der Waals surface area (Å²) in [6, 6.07) is 0. The third kappa shape index (κ3) is 2.44. The van der Waals surface area contributed by atoms with Crippen molar-refractivity contribution in [1.82, 2.24) is 4.90 Å². The molecule has 0 N–H and O–H groups in total. The smallest absolute Gasteiger partial charge is 0.0604 e. The van der Waals surface area contributed by atoms with Gasteiger partial charge in [0.1, 0.15) is 0 Å². The van der Waals surface area contributed by atoms with Gasteiger partial charge in [-0.05, 0) is 58.2 Å². The Morgan fingerprint density at radius 3 is 2.46 bits per heavy atom. The van der Waals surface area contributed by atoms with E-state index in [4.69, 9.17) is 4.74 Å². The van der Waals surface area contributed by atoms with Gasteiger partial charge in [0.2, 0.25) is 0 Å². The minimum absolute atomic E-state index is 0.599. The summed E-state index contributed by atoms with van der Waals surface area (Å²) in [5.74, 6) is 0.858. The quantitative estimate of drug-likeness (QED) is 0.615. The van der Waals surface area contributed by atoms with Gasteiger partial charge in [0.25, 0.3) is 0 Å². The molecule has 2 rings (SSSR count). The van der Waals surface area contributed by atoms with Crippen LogP contribution >= 0.6 is 0 Å². The summed E-state index contributed by atoms with van der Waals surface area (Å²) in [5, 5.41) is 0. The fraction of sp³-hybridized carbons (Fsp3) is 1.00. The zero-order valence-corrected chi connectivity index (χ0v) is 8.67. The number of nitrogens with zero attached hydrogens (tertiary/aromatic N) is 1. The van der Waals surface area contributed by atoms with E-state index in [0.717, 1.165) is 12.5 Å². The highest BCUT2D eigenvalue weighted by Gasteiger charge is 2.27. The number of hydrogen-bond acceptors (Lipinski definition) is 2. The average Bonchev–Trinajstić information content (AvgIpc) is 2.20. The number of rotatable bonds is 1. The van der Waals surface area contributed by atoms with Gasteiger partial charge in [-0.1, -0.05) is 0 Å². The molecule has 0 aromatic carbocycles. The summed E-state index contributed by atoms with van der Waals surface area (Å²) in [7, 11) is 2.22. The van der Waals surface area contributed by atoms with Crippen molar-refractivity contribution in [2.45, 2.75) is 38.2 Å². The number of ether oxygens (including phenoxy) is 1. The molecule has 0 amide bonds. The van der Waals surface area contributed by atoms with E-state index in [2.05, 4.69) is 11.9 Å². The van der Waals surface area contributed by atoms with Crippen molar-refractivity contribution in [3.05, 3.63) is 0 Å². The third-order valence-electron chi connectivity index (χ3n) is 3.50. The summed E-state index contributed by atoms with van der Waals surface area (Å²) in [5.41, 5.74) is 0. The maximum atomic E-state index is 5.83. The molecule has 1 atom stereocenters. The van der Waals surface area contributed by atoms with Crippen molar-refractivity contribution in [1.29, 1.82) is 0 Å². The van der Waals surface area contributed by atoms with Crippen molar-refractivity contribution < 1.29 is 4.74 Å². The van der Waals surface area contributed by atoms with Gasteiger partial charge in [-0.2, -0.15) is 0 Å². The second-order valence-electron chi connectivity index (χ2n) is 4.55. The maximum absolute atomic E-state index is 5.83. The number of likely N-dealkylation sites (tertiary alicyclic amines) is 1. The Bertz CT molecular complexity index is 146. The molecule has 2 heteroatoms. The molecule has 0 spiro atoms. The van der Waals surface area contributed by atoms with Gasteiger partial charge in [0, 0.05) is 6.61 Å². The molecular formula is C11H21NO. The minimum atomic E-state index is 0.599. The zero-order valence-electron chi connectivity index (χ0n) is 8.67. The van der Waals surface area contributed by atoms with Crippen molar-refractivity contribution in [2.75, 3.05) is 26.7 Å². The lowest BCUT2D eigenvalue weighted by atomic mass is 9.88. The molecule has 0 aromatic rings. The molecule has 2 heterocycles. The highest BCUT2D eigenvalue weighted by atomic mass is 16.5. The van der Waals surface area contributed by atoms with E-state index in [0.29, 0.717) is 6.10 Å². The topological polar surface area (TPSA) is 12.5 Å². The molecule has 76 valence electrons. The molecule has 0 bridgehead atoms. The standard InChI is InChI=1S/C11H21NO/c1-12-7-5-10(6-8-12)11-4-2-3-9-13-11/h10-11H,2-9H2,1H3. The lowest BCUT2D eigenvalue weighted by molar-refractivity contribution is -0.0359. The third-order valence-corrected chi connectivity index (χ3v) is 3.50. The van der Waals surface area contributed by atoms with Crippen LogP contribution in [0.1, 0.15) is 32.1 Å². The van der Waals surface area contributed by atoms with E-state index >= 15 is 0 Å². The molecule has 2 aliphatic heterocycles. The van der Waals surface area contributed by atoms with E-state index < -0.39 is 0 Å². The zero-order chi connectivity index (χ0) is 9.10. The van der Waals surface area contributed by atoms with Crippen LogP contribution in [0.2, 0.25) is 0 Å². The Morgan fingerprint density at radius 2 is 1.85 bits per heavy atom. The lowest BCUT2D eigenvalue weighted by Crippen LogP contribution is -2.37. The fourth-order valence-corrected chi connectivity index (χ4v) is 2.54. The van der Waals surface area contributed by atoms with Gasteiger partial charge in [0.05, 0.1) is 6.10 Å². The number of hydrogen-bond donors (Lipinski definition) is 0. The molecule has 0 radical (unpaired) electrons. The largest absolute Gasteiger partial charge is 0.378 e. The summed E-state index contributed by atoms with van der Waals surface area (Å²) >= 11 is 0. The first kappa shape index (κ1) is 9.47. The van der Waals surface area contributed by atoms with Gasteiger partial charge in [-0.15, -0.1) is 0 Å². The molecule has 13 heavy (non-hydrogen) atoms. The normalized spacial score (nSPS) is 33.5. The van der Waals surface area contributed by atoms with Crippen LogP contribution in [-0.2, 0) is 4.74 Å². The van der Waals surface area contributed by atoms with Crippen LogP contribution in [0.3, 0.4) is 0 Å². The van der Waals surface area contributed by atoms with Crippen LogP contribution in [0, 0.1) is 5.92 Å². The monoisotopic (exact) mass is 183 g/mol. The van der Waals surface area contributed by atoms with Crippen molar-refractivity contribution in [3.63, 3.8) is 0 Å². The summed E-state index contributed by atoms with van der Waals surface area (Å²) in [6.07, 6.45) is 7.28. The van der Waals surface area contributed by atoms with Gasteiger partial charge < -0.3 is 9.64 Å². The number of piperidine rings is 1. The molecule has 2 nitrogen and oxygen atoms in total. The SMILES string of the molecule is CN1CCC(C2CCCCO2)CC1. The molecule has 0 saturated carbocycles. The van der Waals surface area contributed by atoms with Crippen molar-refractivity contribution >= 4 is 0 Å². The van der Waals surface area contributed by atoms with Crippen molar-refractivity contribution in [3.8, 4) is 0 Å².